The van der Waals surface area contributed by atoms with Crippen LogP contribution in [0.25, 0.3) is 56.7 Å². The van der Waals surface area contributed by atoms with E-state index in [-0.39, 0.29) is 11.8 Å². The summed E-state index contributed by atoms with van der Waals surface area (Å²) in [5, 5.41) is 45.2. The minimum Gasteiger partial charge on any atom is -0.444 e. The fraction of sp³-hybridized carbons (Fsp3) is 0.212. The van der Waals surface area contributed by atoms with Gasteiger partial charge in [-0.25, -0.2) is 84.2 Å². The van der Waals surface area contributed by atoms with Crippen molar-refractivity contribution in [3.05, 3.63) is 402 Å². The molecular weight excluding hydrogens is 1760 g/mol. The van der Waals surface area contributed by atoms with Crippen LogP contribution in [-0.4, -0.2) is 118 Å². The number of aromatic nitrogens is 7. The van der Waals surface area contributed by atoms with Gasteiger partial charge in [-0.2, -0.15) is 0 Å². The zero-order valence-electron chi connectivity index (χ0n) is 71.8. The van der Waals surface area contributed by atoms with Crippen LogP contribution in [0.3, 0.4) is 0 Å². The van der Waals surface area contributed by atoms with Crippen molar-refractivity contribution in [3.63, 3.8) is 0 Å². The molecular formula is C104H86ClF5N12O13. The van der Waals surface area contributed by atoms with Gasteiger partial charge in [0.15, 0.2) is 52.9 Å². The number of benzene rings is 10. The molecule has 31 heteroatoms. The Kier molecular flexibility index (Phi) is 25.3. The molecule has 7 aliphatic rings. The minimum atomic E-state index is -2.27. The van der Waals surface area contributed by atoms with E-state index in [1.165, 1.54) is 28.3 Å². The summed E-state index contributed by atoms with van der Waals surface area (Å²) in [5.74, 6) is -5.93. The maximum absolute atomic E-state index is 15.6. The van der Waals surface area contributed by atoms with Gasteiger partial charge < -0.3 is 13.3 Å². The molecule has 25 nitrogen and oxygen atoms in total. The lowest BCUT2D eigenvalue weighted by atomic mass is 10.0. The first-order valence-corrected chi connectivity index (χ1v) is 43.9. The molecule has 0 bridgehead atoms. The highest BCUT2D eigenvalue weighted by molar-refractivity contribution is 6.39. The lowest BCUT2D eigenvalue weighted by molar-refractivity contribution is -0.136. The molecule has 15 aromatic rings. The predicted molar refractivity (Wildman–Crippen MR) is 483 cm³/mol. The number of alkyl halides is 5. The summed E-state index contributed by atoms with van der Waals surface area (Å²) >= 11 is 6.63. The molecule has 7 saturated carbocycles. The summed E-state index contributed by atoms with van der Waals surface area (Å²) in [4.78, 5) is 88.3. The first-order valence-electron chi connectivity index (χ1n) is 43.5. The molecule has 0 radical (unpaired) electrons. The van der Waals surface area contributed by atoms with Crippen molar-refractivity contribution in [2.75, 3.05) is 0 Å². The van der Waals surface area contributed by atoms with E-state index in [0.29, 0.717) is 74.1 Å². The monoisotopic (exact) mass is 1840 g/mol. The lowest BCUT2D eigenvalue weighted by Gasteiger charge is -2.07. The average molecular weight is 1840 g/mol. The number of carbonyl (C=O) groups is 5. The Morgan fingerprint density at radius 2 is 0.607 bits per heavy atom. The maximum Gasteiger partial charge on any atom is 0.282 e. The average Bonchev–Trinajstić information content (AvgIpc) is 1.50. The van der Waals surface area contributed by atoms with Crippen molar-refractivity contribution in [2.24, 2.45) is 0 Å². The molecule has 0 aliphatic heterocycles. The Balaban J connectivity index is 0.000000113. The van der Waals surface area contributed by atoms with Gasteiger partial charge in [-0.15, -0.1) is 11.6 Å². The van der Waals surface area contributed by atoms with Gasteiger partial charge in [-0.05, 0) is 106 Å². The normalized spacial score (nSPS) is 24.9. The number of rotatable bonds is 22. The largest absolute Gasteiger partial charge is 0.444 e. The van der Waals surface area contributed by atoms with Gasteiger partial charge in [0.2, 0.25) is 22.7 Å². The molecule has 0 unspecified atom stereocenters. The van der Waals surface area contributed by atoms with E-state index in [1.807, 2.05) is 146 Å². The molecule has 0 spiro atoms. The number of hydrogen-bond acceptors (Lipinski definition) is 20. The van der Waals surface area contributed by atoms with Gasteiger partial charge in [0.1, 0.15) is 4.87 Å². The number of oxazole rings is 3. The molecule has 5 heterocycles. The van der Waals surface area contributed by atoms with Crippen LogP contribution < -0.4 is 27.4 Å². The highest BCUT2D eigenvalue weighted by Crippen LogP contribution is 2.71. The standard InChI is InChI=1S/2C22H19FN2O3.C21H18FN3O2.C20H15F2N3O2.C19H15ClN2O3/c23-22(21(26)25-27)18(13-5-2-1-3-6-13)19(22)16-8-4-7-15(11-16)17-12-24-20(28-17)14-9-10-14;23-22(21(26)25-27)18(14-4-2-1-3-5-14)19(22)15-8-6-13(7-9-15)17-12-24-20(28-17)16-10-11-16;1-13-11-23-19(24-12-13)16-9-7-15(8-10-16)18-17(14-5-3-2-4-6-14)21(18,22)20(26)25-27;21-15-10-23-18(24-11-15)14-8-4-7-13(9-14)17-16(12-5-2-1-3-6-12)20(17,22)19(26)25-27;20-19(18(23)22-24)16(13-4-2-1-3-5-13)17(19)14-8-6-12(7-9-14)15-10-21-11-25-15/h1-8,11-12,14,18-19,27H,9-10H2,(H,25,26);1-9,12,16,18-19,27H,10-11H2,(H,25,26);2-12,17-18,27H,1H3,(H,25,26);1-11,16-17,27H,(H,25,26);1-11,16-17,24H,(H,22,23)/t2*18-,19-,22+;17-,18-,21+;16-,17-,20+;16-,17-,19+/m11111/s1. The number of aryl methyl sites for hydroxylation is 1. The Morgan fingerprint density at radius 1 is 0.319 bits per heavy atom. The van der Waals surface area contributed by atoms with Crippen LogP contribution in [0.5, 0.6) is 0 Å². The van der Waals surface area contributed by atoms with Gasteiger partial charge in [0, 0.05) is 111 Å². The van der Waals surface area contributed by atoms with Crippen LogP contribution in [0.1, 0.15) is 170 Å². The van der Waals surface area contributed by atoms with Crippen LogP contribution in [0, 0.1) is 12.7 Å². The van der Waals surface area contributed by atoms with E-state index in [1.54, 1.807) is 170 Å². The van der Waals surface area contributed by atoms with Crippen LogP contribution in [-0.2, 0) is 24.0 Å². The first-order chi connectivity index (χ1) is 65.5. The lowest BCUT2D eigenvalue weighted by Crippen LogP contribution is -2.33. The van der Waals surface area contributed by atoms with E-state index in [0.717, 1.165) is 105 Å². The predicted octanol–water partition coefficient (Wildman–Crippen LogP) is 19.3. The third-order valence-corrected chi connectivity index (χ3v) is 26.7. The Bertz CT molecular complexity index is 6760. The number of nitrogens with zero attached hydrogens (tertiary/aromatic N) is 7. The summed E-state index contributed by atoms with van der Waals surface area (Å²) in [6, 6.07) is 81.9. The quantitative estimate of drug-likeness (QED) is 0.0130. The molecule has 0 saturated heterocycles. The fourth-order valence-electron chi connectivity index (χ4n) is 18.8. The molecule has 5 amide bonds. The summed E-state index contributed by atoms with van der Waals surface area (Å²) in [7, 11) is 0. The Hall–Kier alpha value is -14.9. The fourth-order valence-corrected chi connectivity index (χ4v) is 19.3. The number of carbonyl (C=O) groups excluding carboxylic acids is 5. The smallest absolute Gasteiger partial charge is 0.282 e. The van der Waals surface area contributed by atoms with Gasteiger partial charge in [0.05, 0.1) is 31.0 Å². The molecule has 10 aromatic carbocycles. The van der Waals surface area contributed by atoms with Crippen LogP contribution in [0.2, 0.25) is 0 Å². The van der Waals surface area contributed by atoms with Crippen molar-refractivity contribution in [1.29, 1.82) is 0 Å². The van der Waals surface area contributed by atoms with Crippen LogP contribution >= 0.6 is 11.6 Å². The molecule has 15 atom stereocenters. The van der Waals surface area contributed by atoms with Crippen molar-refractivity contribution < 1.29 is 85.2 Å². The van der Waals surface area contributed by atoms with Gasteiger partial charge in [-0.1, -0.05) is 261 Å². The molecule has 682 valence electrons. The maximum atomic E-state index is 15.6. The molecule has 5 aromatic heterocycles. The second kappa shape index (κ2) is 37.6. The molecule has 7 fully saturated rings. The third kappa shape index (κ3) is 17.7. The van der Waals surface area contributed by atoms with Crippen molar-refractivity contribution in [3.8, 4) is 56.7 Å². The third-order valence-electron chi connectivity index (χ3n) is 26.1. The molecule has 7 aliphatic carbocycles. The number of hydrogen-bond donors (Lipinski definition) is 10. The van der Waals surface area contributed by atoms with Crippen LogP contribution in [0.15, 0.2) is 336 Å². The molecule has 135 heavy (non-hydrogen) atoms. The Morgan fingerprint density at radius 3 is 0.956 bits per heavy atom. The van der Waals surface area contributed by atoms with Crippen LogP contribution in [0.4, 0.5) is 22.0 Å². The van der Waals surface area contributed by atoms with E-state index in [9.17, 15) is 28.4 Å². The topological polar surface area (TPSA) is 376 Å². The van der Waals surface area contributed by atoms with Crippen molar-refractivity contribution >= 4 is 41.1 Å². The van der Waals surface area contributed by atoms with Gasteiger partial charge in [-0.3, -0.25) is 50.0 Å². The highest BCUT2D eigenvalue weighted by Gasteiger charge is 2.76. The summed E-state index contributed by atoms with van der Waals surface area (Å²) in [6.07, 6.45) is 16.4. The second-order valence-corrected chi connectivity index (χ2v) is 35.0. The highest BCUT2D eigenvalue weighted by atomic mass is 35.5. The zero-order chi connectivity index (χ0) is 94.1. The summed E-state index contributed by atoms with van der Waals surface area (Å²) in [6.45, 7) is 1.91. The number of nitrogens with one attached hydrogen (secondary N) is 5. The zero-order valence-corrected chi connectivity index (χ0v) is 72.5. The van der Waals surface area contributed by atoms with E-state index in [4.69, 9.17) is 50.9 Å². The summed E-state index contributed by atoms with van der Waals surface area (Å²) < 4.78 is 92.2. The summed E-state index contributed by atoms with van der Waals surface area (Å²) in [5.41, 5.74) is 11.0. The molecule has 22 rings (SSSR count). The van der Waals surface area contributed by atoms with Gasteiger partial charge >= 0.3 is 0 Å². The van der Waals surface area contributed by atoms with Gasteiger partial charge in [0.25, 0.3) is 29.5 Å². The SMILES string of the molecule is Cc1cnc(-c2ccc([C@@H]3[C@@H](c4ccccc4)[C@@]3(F)C(=O)NO)cc2)nc1.O=C(NO)[C@]1(Cl)[C@H](c2ccccc2)[C@H]1c1ccc(-c2cnco2)cc1.O=C(NO)[C@]1(F)[C@H](c2ccccc2)[C@H]1c1ccc(-c2cnc(C3CC3)o2)cc1.O=C(NO)[C@]1(F)[C@H](c2ccccc2)[C@H]1c1cccc(-c2cnc(C3CC3)o2)c1.O=C(NO)[C@]1(F)[C@H](c2ccccc2)[C@H]1c1cccc(-c2ncc(F)cn2)c1. The van der Waals surface area contributed by atoms with Crippen molar-refractivity contribution in [1.82, 2.24) is 62.3 Å². The van der Waals surface area contributed by atoms with E-state index >= 15 is 17.6 Å². The molecule has 10 N–H and O–H groups in total. The number of halogens is 6. The Labute approximate surface area is 773 Å². The number of amides is 5. The second-order valence-electron chi connectivity index (χ2n) is 34.3. The minimum absolute atomic E-state index is 0.210. The van der Waals surface area contributed by atoms with E-state index in [2.05, 4.69) is 34.9 Å². The number of hydroxylamine groups is 5. The first kappa shape index (κ1) is 90.6. The van der Waals surface area contributed by atoms with E-state index < -0.39 is 110 Å². The van der Waals surface area contributed by atoms with Crippen molar-refractivity contribution in [2.45, 2.75) is 131 Å².